The summed E-state index contributed by atoms with van der Waals surface area (Å²) in [6, 6.07) is 5.38. The van der Waals surface area contributed by atoms with Gasteiger partial charge in [0.15, 0.2) is 0 Å². The second kappa shape index (κ2) is 5.50. The molecule has 4 nitrogen and oxygen atoms in total. The Balaban J connectivity index is 2.70. The Morgan fingerprint density at radius 1 is 1.60 bits per heavy atom. The largest absolute Gasteiger partial charge is 0.497 e. The number of nitrogens with one attached hydrogen (secondary N) is 1. The van der Waals surface area contributed by atoms with Crippen molar-refractivity contribution in [1.82, 2.24) is 5.32 Å². The summed E-state index contributed by atoms with van der Waals surface area (Å²) in [5.41, 5.74) is 6.42. The molecule has 1 rings (SSSR count). The van der Waals surface area contributed by atoms with E-state index in [2.05, 4.69) is 5.32 Å². The molecule has 0 bridgehead atoms. The third-order valence-electron chi connectivity index (χ3n) is 1.86. The zero-order chi connectivity index (χ0) is 11.3. The van der Waals surface area contributed by atoms with Crippen molar-refractivity contribution in [3.05, 3.63) is 18.2 Å². The molecule has 0 aliphatic heterocycles. The molecule has 1 aromatic rings. The van der Waals surface area contributed by atoms with Crippen molar-refractivity contribution in [2.45, 2.75) is 4.90 Å². The number of hydrogen-bond acceptors (Lipinski definition) is 4. The van der Waals surface area contributed by atoms with Gasteiger partial charge in [-0.05, 0) is 18.2 Å². The lowest BCUT2D eigenvalue weighted by molar-refractivity contribution is -0.118. The normalized spacial score (nSPS) is 9.73. The van der Waals surface area contributed by atoms with Crippen LogP contribution in [-0.4, -0.2) is 25.8 Å². The number of benzene rings is 1. The van der Waals surface area contributed by atoms with Crippen molar-refractivity contribution in [1.29, 1.82) is 0 Å². The van der Waals surface area contributed by atoms with E-state index in [0.717, 1.165) is 10.6 Å². The van der Waals surface area contributed by atoms with Gasteiger partial charge in [-0.3, -0.25) is 4.79 Å². The monoisotopic (exact) mass is 226 g/mol. The molecule has 82 valence electrons. The summed E-state index contributed by atoms with van der Waals surface area (Å²) in [5.74, 6) is 1.07. The molecule has 0 radical (unpaired) electrons. The lowest BCUT2D eigenvalue weighted by atomic mass is 10.3. The number of carbonyl (C=O) groups is 1. The van der Waals surface area contributed by atoms with Crippen LogP contribution in [0.15, 0.2) is 23.1 Å². The molecule has 0 fully saturated rings. The predicted molar refractivity (Wildman–Crippen MR) is 62.2 cm³/mol. The quantitative estimate of drug-likeness (QED) is 0.596. The van der Waals surface area contributed by atoms with Crippen LogP contribution in [0, 0.1) is 0 Å². The third-order valence-corrected chi connectivity index (χ3v) is 2.93. The Labute approximate surface area is 93.2 Å². The zero-order valence-electron chi connectivity index (χ0n) is 8.74. The number of nitrogen functional groups attached to an aromatic ring is 1. The van der Waals surface area contributed by atoms with Crippen LogP contribution < -0.4 is 15.8 Å². The lowest BCUT2D eigenvalue weighted by Crippen LogP contribution is -2.19. The van der Waals surface area contributed by atoms with Crippen molar-refractivity contribution in [2.24, 2.45) is 0 Å². The van der Waals surface area contributed by atoms with Crippen LogP contribution in [0.4, 0.5) is 5.69 Å². The highest BCUT2D eigenvalue weighted by Crippen LogP contribution is 2.28. The molecule has 15 heavy (non-hydrogen) atoms. The van der Waals surface area contributed by atoms with Crippen molar-refractivity contribution < 1.29 is 9.53 Å². The summed E-state index contributed by atoms with van der Waals surface area (Å²) in [7, 11) is 3.20. The number of hydrogen-bond donors (Lipinski definition) is 2. The number of anilines is 1. The molecule has 5 heteroatoms. The summed E-state index contributed by atoms with van der Waals surface area (Å²) < 4.78 is 5.07. The van der Waals surface area contributed by atoms with Gasteiger partial charge >= 0.3 is 0 Å². The molecule has 0 unspecified atom stereocenters. The van der Waals surface area contributed by atoms with Gasteiger partial charge in [0.2, 0.25) is 5.91 Å². The molecule has 0 aromatic heterocycles. The van der Waals surface area contributed by atoms with Gasteiger partial charge in [-0.1, -0.05) is 0 Å². The maximum absolute atomic E-state index is 11.0. The van der Waals surface area contributed by atoms with E-state index in [1.807, 2.05) is 6.07 Å². The molecule has 0 heterocycles. The Morgan fingerprint density at radius 2 is 2.33 bits per heavy atom. The summed E-state index contributed by atoms with van der Waals surface area (Å²) in [4.78, 5) is 11.9. The van der Waals surface area contributed by atoms with Crippen LogP contribution in [0.5, 0.6) is 5.75 Å². The fraction of sp³-hybridized carbons (Fsp3) is 0.300. The van der Waals surface area contributed by atoms with E-state index >= 15 is 0 Å². The highest BCUT2D eigenvalue weighted by atomic mass is 32.2. The predicted octanol–water partition coefficient (Wildman–Crippen LogP) is 1.12. The highest BCUT2D eigenvalue weighted by molar-refractivity contribution is 8.00. The van der Waals surface area contributed by atoms with Crippen LogP contribution >= 0.6 is 11.8 Å². The molecule has 0 saturated heterocycles. The van der Waals surface area contributed by atoms with E-state index in [0.29, 0.717) is 11.4 Å². The smallest absolute Gasteiger partial charge is 0.230 e. The van der Waals surface area contributed by atoms with Crippen molar-refractivity contribution in [3.63, 3.8) is 0 Å². The molecular weight excluding hydrogens is 212 g/mol. The molecule has 0 spiro atoms. The standard InChI is InChI=1S/C10H14N2O2S/c1-12-10(13)6-15-9-5-7(14-2)3-4-8(9)11/h3-5H,6,11H2,1-2H3,(H,12,13). The third kappa shape index (κ3) is 3.36. The average Bonchev–Trinajstić information content (AvgIpc) is 2.27. The molecule has 0 aliphatic carbocycles. The maximum Gasteiger partial charge on any atom is 0.230 e. The van der Waals surface area contributed by atoms with Crippen LogP contribution in [-0.2, 0) is 4.79 Å². The zero-order valence-corrected chi connectivity index (χ0v) is 9.56. The van der Waals surface area contributed by atoms with Crippen LogP contribution in [0.2, 0.25) is 0 Å². The molecule has 1 aromatic carbocycles. The van der Waals surface area contributed by atoms with E-state index in [1.54, 1.807) is 26.3 Å². The second-order valence-electron chi connectivity index (χ2n) is 2.87. The van der Waals surface area contributed by atoms with Crippen molar-refractivity contribution >= 4 is 23.4 Å². The minimum absolute atomic E-state index is 0.0257. The molecule has 3 N–H and O–H groups in total. The molecular formula is C10H14N2O2S. The number of carbonyl (C=O) groups excluding carboxylic acids is 1. The van der Waals surface area contributed by atoms with Gasteiger partial charge in [0, 0.05) is 17.6 Å². The summed E-state index contributed by atoms with van der Waals surface area (Å²) in [6.07, 6.45) is 0. The number of methoxy groups -OCH3 is 1. The lowest BCUT2D eigenvalue weighted by Gasteiger charge is -2.07. The van der Waals surface area contributed by atoms with E-state index in [4.69, 9.17) is 10.5 Å². The van der Waals surface area contributed by atoms with Gasteiger partial charge < -0.3 is 15.8 Å². The van der Waals surface area contributed by atoms with Crippen molar-refractivity contribution in [3.8, 4) is 5.75 Å². The van der Waals surface area contributed by atoms with Crippen LogP contribution in [0.25, 0.3) is 0 Å². The average molecular weight is 226 g/mol. The van der Waals surface area contributed by atoms with Gasteiger partial charge in [-0.25, -0.2) is 0 Å². The first-order valence-corrected chi connectivity index (χ1v) is 5.43. The number of ether oxygens (including phenoxy) is 1. The number of nitrogens with two attached hydrogens (primary N) is 1. The fourth-order valence-corrected chi connectivity index (χ4v) is 1.85. The van der Waals surface area contributed by atoms with Gasteiger partial charge in [0.25, 0.3) is 0 Å². The summed E-state index contributed by atoms with van der Waals surface area (Å²) in [5, 5.41) is 2.55. The molecule has 0 saturated carbocycles. The van der Waals surface area contributed by atoms with E-state index < -0.39 is 0 Å². The molecule has 0 atom stereocenters. The minimum atomic E-state index is -0.0257. The van der Waals surface area contributed by atoms with Gasteiger partial charge in [-0.15, -0.1) is 11.8 Å². The van der Waals surface area contributed by atoms with Gasteiger partial charge in [-0.2, -0.15) is 0 Å². The molecule has 1 amide bonds. The van der Waals surface area contributed by atoms with E-state index in [9.17, 15) is 4.79 Å². The van der Waals surface area contributed by atoms with Gasteiger partial charge in [0.05, 0.1) is 12.9 Å². The molecule has 0 aliphatic rings. The number of amides is 1. The highest BCUT2D eigenvalue weighted by Gasteiger charge is 2.05. The first-order chi connectivity index (χ1) is 7.17. The Morgan fingerprint density at radius 3 is 2.93 bits per heavy atom. The first-order valence-electron chi connectivity index (χ1n) is 4.44. The van der Waals surface area contributed by atoms with Crippen LogP contribution in [0.3, 0.4) is 0 Å². The Bertz CT molecular complexity index is 355. The fourth-order valence-electron chi connectivity index (χ4n) is 0.982. The SMILES string of the molecule is CNC(=O)CSc1cc(OC)ccc1N. The first kappa shape index (κ1) is 11.7. The Hall–Kier alpha value is -1.36. The maximum atomic E-state index is 11.0. The Kier molecular flexibility index (Phi) is 4.30. The van der Waals surface area contributed by atoms with Gasteiger partial charge in [0.1, 0.15) is 5.75 Å². The van der Waals surface area contributed by atoms with Crippen molar-refractivity contribution in [2.75, 3.05) is 25.6 Å². The summed E-state index contributed by atoms with van der Waals surface area (Å²) in [6.45, 7) is 0. The topological polar surface area (TPSA) is 64.3 Å². The van der Waals surface area contributed by atoms with Crippen LogP contribution in [0.1, 0.15) is 0 Å². The second-order valence-corrected chi connectivity index (χ2v) is 3.88. The summed E-state index contributed by atoms with van der Waals surface area (Å²) >= 11 is 1.39. The van der Waals surface area contributed by atoms with E-state index in [1.165, 1.54) is 11.8 Å². The number of rotatable bonds is 4. The minimum Gasteiger partial charge on any atom is -0.497 e. The number of thioether (sulfide) groups is 1. The van der Waals surface area contributed by atoms with E-state index in [-0.39, 0.29) is 5.91 Å².